The molecule has 2 nitrogen and oxygen atoms in total. The lowest BCUT2D eigenvalue weighted by Crippen LogP contribution is -2.19. The normalized spacial score (nSPS) is 27.7. The minimum absolute atomic E-state index is 0.0903. The maximum Gasteiger partial charge on any atom is 0.119 e. The van der Waals surface area contributed by atoms with Crippen LogP contribution in [-0.4, -0.2) is 16.8 Å². The highest BCUT2D eigenvalue weighted by atomic mass is 16.3. The molecule has 0 bridgehead atoms. The molecule has 1 aromatic carbocycles. The van der Waals surface area contributed by atoms with E-state index >= 15 is 0 Å². The number of hydrogen-bond acceptors (Lipinski definition) is 2. The molecule has 0 saturated heterocycles. The molecule has 1 aromatic rings. The molecule has 1 saturated carbocycles. The summed E-state index contributed by atoms with van der Waals surface area (Å²) in [5.41, 5.74) is 1.88. The van der Waals surface area contributed by atoms with Crippen LogP contribution in [0.5, 0.6) is 5.75 Å². The minimum Gasteiger partial charge on any atom is -0.508 e. The summed E-state index contributed by atoms with van der Waals surface area (Å²) in [6, 6.07) is 5.59. The molecule has 0 heterocycles. The molecule has 15 heavy (non-hydrogen) atoms. The van der Waals surface area contributed by atoms with Crippen LogP contribution in [0.15, 0.2) is 18.2 Å². The fraction of sp³-hybridized carbons (Fsp3) is 0.538. The standard InChI is InChI=1S/C13H18O2/c1-9-4-5-11(15)10(6-9)13(8-14)7-12(13,2)3/h4-6,14-15H,7-8H2,1-3H3. The van der Waals surface area contributed by atoms with Crippen molar-refractivity contribution in [2.45, 2.75) is 32.6 Å². The molecule has 1 aliphatic rings. The van der Waals surface area contributed by atoms with Gasteiger partial charge in [-0.25, -0.2) is 0 Å². The number of hydrogen-bond donors (Lipinski definition) is 2. The van der Waals surface area contributed by atoms with E-state index in [9.17, 15) is 10.2 Å². The Morgan fingerprint density at radius 2 is 1.93 bits per heavy atom. The molecular weight excluding hydrogens is 188 g/mol. The summed E-state index contributed by atoms with van der Waals surface area (Å²) < 4.78 is 0. The van der Waals surface area contributed by atoms with Crippen LogP contribution in [-0.2, 0) is 5.41 Å². The van der Waals surface area contributed by atoms with Crippen molar-refractivity contribution >= 4 is 0 Å². The molecule has 1 aliphatic carbocycles. The Hall–Kier alpha value is -1.02. The molecule has 2 N–H and O–H groups in total. The van der Waals surface area contributed by atoms with Gasteiger partial charge in [-0.15, -0.1) is 0 Å². The number of aliphatic hydroxyl groups is 1. The molecule has 0 radical (unpaired) electrons. The van der Waals surface area contributed by atoms with E-state index < -0.39 is 0 Å². The minimum atomic E-state index is -0.233. The van der Waals surface area contributed by atoms with Crippen LogP contribution in [0.2, 0.25) is 0 Å². The first-order valence-electron chi connectivity index (χ1n) is 5.34. The molecule has 1 unspecified atom stereocenters. The van der Waals surface area contributed by atoms with Crippen LogP contribution >= 0.6 is 0 Å². The Bertz CT molecular complexity index is 396. The fourth-order valence-electron chi connectivity index (χ4n) is 2.56. The molecule has 0 aromatic heterocycles. The van der Waals surface area contributed by atoms with Gasteiger partial charge in [0.1, 0.15) is 5.75 Å². The average Bonchev–Trinajstić information content (AvgIpc) is 2.74. The third-order valence-corrected chi connectivity index (χ3v) is 3.85. The molecule has 2 heteroatoms. The summed E-state index contributed by atoms with van der Waals surface area (Å²) in [5.74, 6) is 0.306. The second-order valence-electron chi connectivity index (χ2n) is 5.32. The summed E-state index contributed by atoms with van der Waals surface area (Å²) in [5, 5.41) is 19.4. The van der Waals surface area contributed by atoms with Crippen molar-refractivity contribution in [3.8, 4) is 5.75 Å². The maximum absolute atomic E-state index is 9.86. The van der Waals surface area contributed by atoms with Crippen LogP contribution < -0.4 is 0 Å². The predicted octanol–water partition coefficient (Wildman–Crippen LogP) is 2.36. The van der Waals surface area contributed by atoms with Crippen molar-refractivity contribution in [1.29, 1.82) is 0 Å². The largest absolute Gasteiger partial charge is 0.508 e. The lowest BCUT2D eigenvalue weighted by molar-refractivity contribution is 0.228. The van der Waals surface area contributed by atoms with Gasteiger partial charge in [0.2, 0.25) is 0 Å². The number of phenols is 1. The van der Waals surface area contributed by atoms with Crippen LogP contribution in [0.4, 0.5) is 0 Å². The molecule has 82 valence electrons. The smallest absolute Gasteiger partial charge is 0.119 e. The van der Waals surface area contributed by atoms with Gasteiger partial charge in [-0.05, 0) is 24.8 Å². The SMILES string of the molecule is Cc1ccc(O)c(C2(CO)CC2(C)C)c1. The topological polar surface area (TPSA) is 40.5 Å². The maximum atomic E-state index is 9.86. The number of benzene rings is 1. The van der Waals surface area contributed by atoms with Crippen LogP contribution in [0.25, 0.3) is 0 Å². The predicted molar refractivity (Wildman–Crippen MR) is 60.0 cm³/mol. The van der Waals surface area contributed by atoms with Crippen LogP contribution in [0.1, 0.15) is 31.4 Å². The molecule has 0 aliphatic heterocycles. The first kappa shape index (κ1) is 10.5. The van der Waals surface area contributed by atoms with Gasteiger partial charge in [0.05, 0.1) is 6.61 Å². The van der Waals surface area contributed by atoms with E-state index in [0.29, 0.717) is 5.75 Å². The van der Waals surface area contributed by atoms with E-state index in [4.69, 9.17) is 0 Å². The summed E-state index contributed by atoms with van der Waals surface area (Å²) >= 11 is 0. The Kier molecular flexibility index (Phi) is 2.09. The fourth-order valence-corrected chi connectivity index (χ4v) is 2.56. The number of aromatic hydroxyl groups is 1. The third kappa shape index (κ3) is 1.36. The quantitative estimate of drug-likeness (QED) is 0.779. The van der Waals surface area contributed by atoms with E-state index in [1.807, 2.05) is 19.1 Å². The van der Waals surface area contributed by atoms with Crippen molar-refractivity contribution < 1.29 is 10.2 Å². The van der Waals surface area contributed by atoms with E-state index in [1.54, 1.807) is 6.07 Å². The summed E-state index contributed by atoms with van der Waals surface area (Å²) in [7, 11) is 0. The zero-order valence-corrected chi connectivity index (χ0v) is 9.54. The second-order valence-corrected chi connectivity index (χ2v) is 5.32. The Balaban J connectivity index is 2.50. The van der Waals surface area contributed by atoms with Crippen LogP contribution in [0, 0.1) is 12.3 Å². The number of aryl methyl sites for hydroxylation is 1. The lowest BCUT2D eigenvalue weighted by atomic mass is 9.87. The lowest BCUT2D eigenvalue weighted by Gasteiger charge is -2.20. The van der Waals surface area contributed by atoms with Crippen LogP contribution in [0.3, 0.4) is 0 Å². The first-order chi connectivity index (χ1) is 6.93. The number of rotatable bonds is 2. The van der Waals surface area contributed by atoms with Gasteiger partial charge in [0.25, 0.3) is 0 Å². The monoisotopic (exact) mass is 206 g/mol. The van der Waals surface area contributed by atoms with Crippen molar-refractivity contribution in [2.24, 2.45) is 5.41 Å². The van der Waals surface area contributed by atoms with Gasteiger partial charge in [-0.2, -0.15) is 0 Å². The molecule has 0 spiro atoms. The Morgan fingerprint density at radius 3 is 2.40 bits per heavy atom. The number of phenolic OH excluding ortho intramolecular Hbond substituents is 1. The first-order valence-corrected chi connectivity index (χ1v) is 5.34. The molecule has 1 fully saturated rings. The van der Waals surface area contributed by atoms with Gasteiger partial charge in [-0.1, -0.05) is 31.5 Å². The molecule has 2 rings (SSSR count). The van der Waals surface area contributed by atoms with Gasteiger partial charge in [-0.3, -0.25) is 0 Å². The summed E-state index contributed by atoms with van der Waals surface area (Å²) in [4.78, 5) is 0. The molecule has 0 amide bonds. The molecule has 1 atom stereocenters. The number of aliphatic hydroxyl groups excluding tert-OH is 1. The van der Waals surface area contributed by atoms with Crippen molar-refractivity contribution in [1.82, 2.24) is 0 Å². The Labute approximate surface area is 90.6 Å². The van der Waals surface area contributed by atoms with Crippen molar-refractivity contribution in [2.75, 3.05) is 6.61 Å². The van der Waals surface area contributed by atoms with Gasteiger partial charge in [0, 0.05) is 11.0 Å². The highest BCUT2D eigenvalue weighted by Gasteiger charge is 2.62. The second kappa shape index (κ2) is 2.99. The highest BCUT2D eigenvalue weighted by Crippen LogP contribution is 2.65. The van der Waals surface area contributed by atoms with E-state index in [0.717, 1.165) is 17.5 Å². The van der Waals surface area contributed by atoms with E-state index in [1.165, 1.54) is 0 Å². The van der Waals surface area contributed by atoms with E-state index in [2.05, 4.69) is 13.8 Å². The summed E-state index contributed by atoms with van der Waals surface area (Å²) in [6.07, 6.45) is 0.938. The third-order valence-electron chi connectivity index (χ3n) is 3.85. The van der Waals surface area contributed by atoms with Gasteiger partial charge < -0.3 is 10.2 Å². The van der Waals surface area contributed by atoms with Gasteiger partial charge >= 0.3 is 0 Å². The van der Waals surface area contributed by atoms with Crippen molar-refractivity contribution in [3.63, 3.8) is 0 Å². The summed E-state index contributed by atoms with van der Waals surface area (Å²) in [6.45, 7) is 6.37. The highest BCUT2D eigenvalue weighted by molar-refractivity contribution is 5.47. The zero-order valence-electron chi connectivity index (χ0n) is 9.54. The van der Waals surface area contributed by atoms with Crippen molar-refractivity contribution in [3.05, 3.63) is 29.3 Å². The Morgan fingerprint density at radius 1 is 1.33 bits per heavy atom. The molecular formula is C13H18O2. The zero-order chi connectivity index (χ0) is 11.3. The van der Waals surface area contributed by atoms with Gasteiger partial charge in [0.15, 0.2) is 0 Å². The van der Waals surface area contributed by atoms with E-state index in [-0.39, 0.29) is 17.4 Å². The average molecular weight is 206 g/mol.